The Hall–Kier alpha value is -1.79. The molecular weight excluding hydrogens is 394 g/mol. The normalized spacial score (nSPS) is 32.6. The van der Waals surface area contributed by atoms with E-state index in [-0.39, 0.29) is 36.2 Å². The number of hydrogen-bond acceptors (Lipinski definition) is 4. The lowest BCUT2D eigenvalue weighted by Gasteiger charge is -2.56. The number of hydrogen-bond donors (Lipinski definition) is 2. The van der Waals surface area contributed by atoms with Gasteiger partial charge in [-0.25, -0.2) is 4.79 Å². The summed E-state index contributed by atoms with van der Waals surface area (Å²) in [4.78, 5) is 39.3. The van der Waals surface area contributed by atoms with Gasteiger partial charge in [0, 0.05) is 37.5 Å². The maximum absolute atomic E-state index is 13.2. The van der Waals surface area contributed by atoms with E-state index in [4.69, 9.17) is 4.74 Å². The highest BCUT2D eigenvalue weighted by Gasteiger charge is 2.54. The van der Waals surface area contributed by atoms with Crippen LogP contribution >= 0.6 is 0 Å². The van der Waals surface area contributed by atoms with Crippen molar-refractivity contribution < 1.29 is 19.1 Å². The summed E-state index contributed by atoms with van der Waals surface area (Å²) in [6.07, 6.45) is 8.69. The molecular formula is C24H39N3O4. The molecule has 174 valence electrons. The van der Waals surface area contributed by atoms with Crippen LogP contribution in [0.3, 0.4) is 0 Å². The fraction of sp³-hybridized carbons (Fsp3) is 0.875. The van der Waals surface area contributed by atoms with Gasteiger partial charge in [0.1, 0.15) is 5.60 Å². The molecule has 3 amide bonds. The molecule has 1 saturated heterocycles. The van der Waals surface area contributed by atoms with Gasteiger partial charge < -0.3 is 20.3 Å². The van der Waals surface area contributed by atoms with E-state index in [2.05, 4.69) is 10.6 Å². The Morgan fingerprint density at radius 1 is 0.968 bits per heavy atom. The number of nitrogens with one attached hydrogen (secondary N) is 2. The summed E-state index contributed by atoms with van der Waals surface area (Å²) in [5.74, 6) is 2.64. The molecule has 4 saturated carbocycles. The number of ether oxygens (including phenoxy) is 1. The zero-order chi connectivity index (χ0) is 22.2. The van der Waals surface area contributed by atoms with Crippen molar-refractivity contribution in [2.75, 3.05) is 19.6 Å². The van der Waals surface area contributed by atoms with Gasteiger partial charge in [-0.1, -0.05) is 0 Å². The number of carbonyl (C=O) groups excluding carboxylic acids is 3. The van der Waals surface area contributed by atoms with Crippen molar-refractivity contribution in [2.24, 2.45) is 23.2 Å². The molecule has 0 spiro atoms. The molecule has 0 aromatic heterocycles. The average molecular weight is 434 g/mol. The van der Waals surface area contributed by atoms with E-state index in [9.17, 15) is 14.4 Å². The minimum absolute atomic E-state index is 0.0434. The topological polar surface area (TPSA) is 87.7 Å². The third-order valence-electron chi connectivity index (χ3n) is 7.71. The van der Waals surface area contributed by atoms with Gasteiger partial charge in [-0.3, -0.25) is 9.59 Å². The van der Waals surface area contributed by atoms with E-state index >= 15 is 0 Å². The first-order valence-corrected chi connectivity index (χ1v) is 12.2. The summed E-state index contributed by atoms with van der Waals surface area (Å²) in [6.45, 7) is 7.03. The minimum Gasteiger partial charge on any atom is -0.444 e. The van der Waals surface area contributed by atoms with Crippen LogP contribution in [0, 0.1) is 23.2 Å². The Morgan fingerprint density at radius 3 is 2.03 bits per heavy atom. The molecule has 1 aliphatic heterocycles. The summed E-state index contributed by atoms with van der Waals surface area (Å²) < 4.78 is 5.19. The number of nitrogens with zero attached hydrogens (tertiary/aromatic N) is 1. The van der Waals surface area contributed by atoms with Crippen LogP contribution in [0.25, 0.3) is 0 Å². The first-order chi connectivity index (χ1) is 14.6. The second kappa shape index (κ2) is 8.62. The third kappa shape index (κ3) is 5.35. The largest absolute Gasteiger partial charge is 0.444 e. The van der Waals surface area contributed by atoms with Crippen LogP contribution in [0.2, 0.25) is 0 Å². The molecule has 5 rings (SSSR count). The molecule has 7 nitrogen and oxygen atoms in total. The van der Waals surface area contributed by atoms with Crippen LogP contribution in [-0.2, 0) is 14.3 Å². The van der Waals surface area contributed by atoms with Gasteiger partial charge in [-0.05, 0) is 89.9 Å². The van der Waals surface area contributed by atoms with Crippen molar-refractivity contribution in [3.05, 3.63) is 0 Å². The van der Waals surface area contributed by atoms with E-state index < -0.39 is 11.7 Å². The third-order valence-corrected chi connectivity index (χ3v) is 7.71. The fourth-order valence-corrected chi connectivity index (χ4v) is 6.74. The highest BCUT2D eigenvalue weighted by Crippen LogP contribution is 2.60. The molecule has 0 aromatic carbocycles. The summed E-state index contributed by atoms with van der Waals surface area (Å²) in [5, 5.41) is 6.01. The molecule has 0 atom stereocenters. The average Bonchev–Trinajstić information content (AvgIpc) is 2.66. The van der Waals surface area contributed by atoms with Crippen LogP contribution in [0.4, 0.5) is 4.79 Å². The summed E-state index contributed by atoms with van der Waals surface area (Å²) in [6, 6.07) is 0.171. The maximum atomic E-state index is 13.2. The van der Waals surface area contributed by atoms with E-state index in [0.29, 0.717) is 13.1 Å². The Labute approximate surface area is 186 Å². The summed E-state index contributed by atoms with van der Waals surface area (Å²) in [5.41, 5.74) is -0.647. The first-order valence-electron chi connectivity index (χ1n) is 12.2. The molecule has 4 aliphatic carbocycles. The van der Waals surface area contributed by atoms with Gasteiger partial charge in [0.25, 0.3) is 0 Å². The summed E-state index contributed by atoms with van der Waals surface area (Å²) >= 11 is 0. The van der Waals surface area contributed by atoms with Gasteiger partial charge >= 0.3 is 6.09 Å². The lowest BCUT2D eigenvalue weighted by molar-refractivity contribution is -0.147. The van der Waals surface area contributed by atoms with Gasteiger partial charge in [-0.15, -0.1) is 0 Å². The van der Waals surface area contributed by atoms with Gasteiger partial charge in [-0.2, -0.15) is 0 Å². The SMILES string of the molecule is CC(C)(C)OC(=O)NCCC(=O)N1CCC(NC(=O)C23CC4CC(CC(C4)C2)C3)CC1. The van der Waals surface area contributed by atoms with Crippen LogP contribution < -0.4 is 10.6 Å². The van der Waals surface area contributed by atoms with E-state index in [1.54, 1.807) is 0 Å². The van der Waals surface area contributed by atoms with Crippen molar-refractivity contribution in [3.63, 3.8) is 0 Å². The summed E-state index contributed by atoms with van der Waals surface area (Å²) in [7, 11) is 0. The van der Waals surface area contributed by atoms with Gasteiger partial charge in [0.2, 0.25) is 11.8 Å². The Bertz CT molecular complexity index is 671. The predicted molar refractivity (Wildman–Crippen MR) is 117 cm³/mol. The van der Waals surface area contributed by atoms with Gasteiger partial charge in [0.15, 0.2) is 0 Å². The Morgan fingerprint density at radius 2 is 1.52 bits per heavy atom. The fourth-order valence-electron chi connectivity index (χ4n) is 6.74. The predicted octanol–water partition coefficient (Wildman–Crippen LogP) is 3.22. The molecule has 0 aromatic rings. The van der Waals surface area contributed by atoms with Crippen molar-refractivity contribution in [3.8, 4) is 0 Å². The zero-order valence-corrected chi connectivity index (χ0v) is 19.4. The molecule has 5 aliphatic rings. The quantitative estimate of drug-likeness (QED) is 0.697. The molecule has 1 heterocycles. The monoisotopic (exact) mass is 433 g/mol. The number of piperidine rings is 1. The maximum Gasteiger partial charge on any atom is 0.407 e. The lowest BCUT2D eigenvalue weighted by Crippen LogP contribution is -2.56. The Kier molecular flexibility index (Phi) is 6.23. The van der Waals surface area contributed by atoms with Crippen molar-refractivity contribution in [2.45, 2.75) is 90.2 Å². The van der Waals surface area contributed by atoms with E-state index in [1.807, 2.05) is 25.7 Å². The highest BCUT2D eigenvalue weighted by atomic mass is 16.6. The second-order valence-corrected chi connectivity index (χ2v) is 11.5. The molecule has 5 fully saturated rings. The number of carbonyl (C=O) groups is 3. The van der Waals surface area contributed by atoms with Crippen LogP contribution in [0.15, 0.2) is 0 Å². The van der Waals surface area contributed by atoms with Crippen LogP contribution in [0.5, 0.6) is 0 Å². The molecule has 0 unspecified atom stereocenters. The van der Waals surface area contributed by atoms with Crippen molar-refractivity contribution in [1.82, 2.24) is 15.5 Å². The molecule has 4 bridgehead atoms. The number of alkyl carbamates (subject to hydrolysis) is 1. The standard InChI is InChI=1S/C24H39N3O4/c1-23(2,3)31-22(30)25-7-4-20(28)27-8-5-19(6-9-27)26-21(29)24-13-16-10-17(14-24)12-18(11-16)15-24/h16-19H,4-15H2,1-3H3,(H,25,30)(H,26,29). The number of amides is 3. The Balaban J connectivity index is 1.17. The minimum atomic E-state index is -0.545. The van der Waals surface area contributed by atoms with Crippen molar-refractivity contribution in [1.29, 1.82) is 0 Å². The molecule has 2 N–H and O–H groups in total. The van der Waals surface area contributed by atoms with Crippen molar-refractivity contribution >= 4 is 17.9 Å². The zero-order valence-electron chi connectivity index (χ0n) is 19.4. The number of likely N-dealkylation sites (tertiary alicyclic amines) is 1. The van der Waals surface area contributed by atoms with Crippen LogP contribution in [-0.4, -0.2) is 54.1 Å². The molecule has 0 radical (unpaired) electrons. The first kappa shape index (κ1) is 22.4. The highest BCUT2D eigenvalue weighted by molar-refractivity contribution is 5.83. The molecule has 7 heteroatoms. The van der Waals surface area contributed by atoms with E-state index in [0.717, 1.165) is 49.9 Å². The second-order valence-electron chi connectivity index (χ2n) is 11.5. The number of rotatable bonds is 5. The smallest absolute Gasteiger partial charge is 0.407 e. The lowest BCUT2D eigenvalue weighted by atomic mass is 9.49. The van der Waals surface area contributed by atoms with Crippen LogP contribution in [0.1, 0.15) is 78.6 Å². The van der Waals surface area contributed by atoms with E-state index in [1.165, 1.54) is 19.3 Å². The molecule has 31 heavy (non-hydrogen) atoms. The van der Waals surface area contributed by atoms with Gasteiger partial charge in [0.05, 0.1) is 0 Å².